The summed E-state index contributed by atoms with van der Waals surface area (Å²) in [5, 5.41) is 2.73. The van der Waals surface area contributed by atoms with Crippen molar-refractivity contribution in [2.45, 2.75) is 37.1 Å². The number of sulfonamides is 1. The minimum atomic E-state index is -3.72. The van der Waals surface area contributed by atoms with Crippen molar-refractivity contribution in [1.29, 1.82) is 0 Å². The first-order valence-corrected chi connectivity index (χ1v) is 11.1. The number of amides is 1. The Bertz CT molecular complexity index is 1020. The Morgan fingerprint density at radius 2 is 1.76 bits per heavy atom. The molecule has 2 aromatic rings. The molecule has 0 aromatic heterocycles. The van der Waals surface area contributed by atoms with Crippen molar-refractivity contribution in [3.05, 3.63) is 64.2 Å². The molecule has 1 aliphatic rings. The zero-order valence-electron chi connectivity index (χ0n) is 15.8. The molecule has 0 aliphatic carbocycles. The number of benzene rings is 2. The lowest BCUT2D eigenvalue weighted by molar-refractivity contribution is 0.0939. The molecule has 5 nitrogen and oxygen atoms in total. The number of rotatable bonds is 5. The number of piperidine rings is 1. The van der Waals surface area contributed by atoms with E-state index in [9.17, 15) is 22.0 Å². The van der Waals surface area contributed by atoms with Crippen LogP contribution in [-0.4, -0.2) is 31.7 Å². The Labute approximate surface area is 173 Å². The average molecular weight is 443 g/mol. The fourth-order valence-electron chi connectivity index (χ4n) is 3.23. The number of nitrogens with one attached hydrogen (secondary N) is 1. The Balaban J connectivity index is 1.83. The molecule has 0 spiro atoms. The minimum absolute atomic E-state index is 0.000755. The molecule has 156 valence electrons. The van der Waals surface area contributed by atoms with E-state index in [0.717, 1.165) is 31.4 Å². The molecule has 2 aromatic carbocycles. The van der Waals surface area contributed by atoms with Gasteiger partial charge >= 0.3 is 0 Å². The summed E-state index contributed by atoms with van der Waals surface area (Å²) >= 11 is 6.12. The lowest BCUT2D eigenvalue weighted by Crippen LogP contribution is -2.35. The van der Waals surface area contributed by atoms with E-state index in [4.69, 9.17) is 11.6 Å². The Morgan fingerprint density at radius 1 is 1.07 bits per heavy atom. The number of carbonyl (C=O) groups is 1. The van der Waals surface area contributed by atoms with E-state index in [0.29, 0.717) is 18.7 Å². The first-order valence-electron chi connectivity index (χ1n) is 9.25. The van der Waals surface area contributed by atoms with Gasteiger partial charge in [-0.15, -0.1) is 0 Å². The lowest BCUT2D eigenvalue weighted by Gasteiger charge is -2.26. The molecule has 1 fully saturated rings. The van der Waals surface area contributed by atoms with Gasteiger partial charge in [-0.25, -0.2) is 17.2 Å². The maximum absolute atomic E-state index is 13.4. The van der Waals surface area contributed by atoms with E-state index in [1.165, 1.54) is 28.6 Å². The van der Waals surface area contributed by atoms with E-state index in [1.807, 2.05) is 0 Å². The third kappa shape index (κ3) is 4.76. The van der Waals surface area contributed by atoms with E-state index in [1.54, 1.807) is 6.92 Å². The normalized spacial score (nSPS) is 16.4. The summed E-state index contributed by atoms with van der Waals surface area (Å²) in [5.41, 5.74) is 0.365. The second-order valence-electron chi connectivity index (χ2n) is 6.98. The molecule has 9 heteroatoms. The Kier molecular flexibility index (Phi) is 6.55. The van der Waals surface area contributed by atoms with Gasteiger partial charge in [0.2, 0.25) is 10.0 Å². The molecule has 1 heterocycles. The van der Waals surface area contributed by atoms with Crippen LogP contribution in [0.4, 0.5) is 8.78 Å². The van der Waals surface area contributed by atoms with Crippen LogP contribution in [0.3, 0.4) is 0 Å². The molecular weight excluding hydrogens is 422 g/mol. The van der Waals surface area contributed by atoms with Crippen LogP contribution in [-0.2, 0) is 10.0 Å². The fraction of sp³-hybridized carbons (Fsp3) is 0.350. The molecule has 0 radical (unpaired) electrons. The number of halogens is 3. The molecule has 1 saturated heterocycles. The Hall–Kier alpha value is -2.03. The maximum Gasteiger partial charge on any atom is 0.253 e. The Morgan fingerprint density at radius 3 is 2.41 bits per heavy atom. The first-order chi connectivity index (χ1) is 13.7. The van der Waals surface area contributed by atoms with E-state index in [-0.39, 0.29) is 15.5 Å². The van der Waals surface area contributed by atoms with Crippen LogP contribution in [0.1, 0.15) is 48.1 Å². The third-order valence-corrected chi connectivity index (χ3v) is 7.15. The highest BCUT2D eigenvalue weighted by Crippen LogP contribution is 2.26. The van der Waals surface area contributed by atoms with Gasteiger partial charge in [0.15, 0.2) is 11.6 Å². The summed E-state index contributed by atoms with van der Waals surface area (Å²) in [6.07, 6.45) is 2.58. The van der Waals surface area contributed by atoms with Gasteiger partial charge in [0.1, 0.15) is 0 Å². The van der Waals surface area contributed by atoms with Gasteiger partial charge < -0.3 is 5.32 Å². The molecule has 1 atom stereocenters. The van der Waals surface area contributed by atoms with Crippen LogP contribution >= 0.6 is 11.6 Å². The van der Waals surface area contributed by atoms with Crippen molar-refractivity contribution in [3.8, 4) is 0 Å². The van der Waals surface area contributed by atoms with Gasteiger partial charge in [-0.2, -0.15) is 4.31 Å². The highest BCUT2D eigenvalue weighted by atomic mass is 35.5. The number of nitrogens with zero attached hydrogens (tertiary/aromatic N) is 1. The van der Waals surface area contributed by atoms with Gasteiger partial charge in [-0.1, -0.05) is 24.1 Å². The summed E-state index contributed by atoms with van der Waals surface area (Å²) in [4.78, 5) is 12.7. The predicted octanol–water partition coefficient (Wildman–Crippen LogP) is 4.28. The van der Waals surface area contributed by atoms with Gasteiger partial charge in [-0.05, 0) is 55.7 Å². The molecule has 29 heavy (non-hydrogen) atoms. The van der Waals surface area contributed by atoms with Crippen molar-refractivity contribution < 1.29 is 22.0 Å². The number of carbonyl (C=O) groups excluding carboxylic acids is 1. The van der Waals surface area contributed by atoms with Crippen molar-refractivity contribution in [1.82, 2.24) is 9.62 Å². The summed E-state index contributed by atoms with van der Waals surface area (Å²) in [6, 6.07) is 6.70. The molecule has 1 amide bonds. The van der Waals surface area contributed by atoms with Crippen molar-refractivity contribution >= 4 is 27.5 Å². The van der Waals surface area contributed by atoms with Crippen molar-refractivity contribution in [3.63, 3.8) is 0 Å². The van der Waals surface area contributed by atoms with Crippen LogP contribution in [0, 0.1) is 11.6 Å². The number of hydrogen-bond donors (Lipinski definition) is 1. The molecule has 3 rings (SSSR count). The van der Waals surface area contributed by atoms with Gasteiger partial charge in [0, 0.05) is 13.1 Å². The van der Waals surface area contributed by atoms with Crippen LogP contribution in [0.25, 0.3) is 0 Å². The highest BCUT2D eigenvalue weighted by Gasteiger charge is 2.27. The van der Waals surface area contributed by atoms with E-state index >= 15 is 0 Å². The van der Waals surface area contributed by atoms with Crippen LogP contribution < -0.4 is 5.32 Å². The monoisotopic (exact) mass is 442 g/mol. The summed E-state index contributed by atoms with van der Waals surface area (Å²) in [6.45, 7) is 2.49. The molecule has 0 bridgehead atoms. The zero-order valence-corrected chi connectivity index (χ0v) is 17.4. The lowest BCUT2D eigenvalue weighted by atomic mass is 10.1. The number of hydrogen-bond acceptors (Lipinski definition) is 3. The van der Waals surface area contributed by atoms with Crippen molar-refractivity contribution in [2.75, 3.05) is 13.1 Å². The standard InChI is InChI=1S/C20H21ClF2N2O3S/c1-13(14-5-8-18(22)19(23)11-14)24-20(26)16-12-15(6-7-17(16)21)29(27,28)25-9-3-2-4-10-25/h5-8,11-13H,2-4,9-10H2,1H3,(H,24,26). The highest BCUT2D eigenvalue weighted by molar-refractivity contribution is 7.89. The second kappa shape index (κ2) is 8.77. The molecule has 1 N–H and O–H groups in total. The van der Waals surface area contributed by atoms with Gasteiger partial charge in [-0.3, -0.25) is 4.79 Å². The quantitative estimate of drug-likeness (QED) is 0.751. The zero-order chi connectivity index (χ0) is 21.2. The van der Waals surface area contributed by atoms with Crippen molar-refractivity contribution in [2.24, 2.45) is 0 Å². The predicted molar refractivity (Wildman–Crippen MR) is 106 cm³/mol. The topological polar surface area (TPSA) is 66.5 Å². The van der Waals surface area contributed by atoms with E-state index < -0.39 is 33.6 Å². The molecule has 0 saturated carbocycles. The first kappa shape index (κ1) is 21.7. The van der Waals surface area contributed by atoms with E-state index in [2.05, 4.69) is 5.32 Å². The summed E-state index contributed by atoms with van der Waals surface area (Å²) in [5.74, 6) is -2.61. The maximum atomic E-state index is 13.4. The largest absolute Gasteiger partial charge is 0.345 e. The van der Waals surface area contributed by atoms with Crippen LogP contribution in [0.15, 0.2) is 41.3 Å². The molecular formula is C20H21ClF2N2O3S. The minimum Gasteiger partial charge on any atom is -0.345 e. The second-order valence-corrected chi connectivity index (χ2v) is 9.32. The summed E-state index contributed by atoms with van der Waals surface area (Å²) in [7, 11) is -3.72. The smallest absolute Gasteiger partial charge is 0.253 e. The molecule has 1 aliphatic heterocycles. The average Bonchev–Trinajstić information content (AvgIpc) is 2.70. The molecule has 1 unspecified atom stereocenters. The summed E-state index contributed by atoms with van der Waals surface area (Å²) < 4.78 is 53.7. The van der Waals surface area contributed by atoms with Crippen LogP contribution in [0.2, 0.25) is 5.02 Å². The van der Waals surface area contributed by atoms with Gasteiger partial charge in [0.05, 0.1) is 21.5 Å². The van der Waals surface area contributed by atoms with Gasteiger partial charge in [0.25, 0.3) is 5.91 Å². The van der Waals surface area contributed by atoms with Crippen LogP contribution in [0.5, 0.6) is 0 Å². The fourth-order valence-corrected chi connectivity index (χ4v) is 4.98. The SMILES string of the molecule is CC(NC(=O)c1cc(S(=O)(=O)N2CCCCC2)ccc1Cl)c1ccc(F)c(F)c1. The third-order valence-electron chi connectivity index (χ3n) is 4.93.